The van der Waals surface area contributed by atoms with Gasteiger partial charge in [-0.3, -0.25) is 14.4 Å². The van der Waals surface area contributed by atoms with Crippen molar-refractivity contribution in [3.63, 3.8) is 0 Å². The number of nitrogens with zero attached hydrogens (tertiary/aromatic N) is 1. The van der Waals surface area contributed by atoms with Crippen LogP contribution < -0.4 is 16.4 Å². The molecule has 1 aromatic carbocycles. The first kappa shape index (κ1) is 32.9. The molecule has 3 unspecified atom stereocenters. The first-order chi connectivity index (χ1) is 17.9. The summed E-state index contributed by atoms with van der Waals surface area (Å²) >= 11 is 0. The predicted octanol–water partition coefficient (Wildman–Crippen LogP) is 4.60. The van der Waals surface area contributed by atoms with E-state index in [0.717, 1.165) is 38.5 Å². The highest BCUT2D eigenvalue weighted by Gasteiger charge is 2.37. The van der Waals surface area contributed by atoms with E-state index in [0.29, 0.717) is 12.0 Å². The van der Waals surface area contributed by atoms with Gasteiger partial charge in [0.15, 0.2) is 0 Å². The average molecular weight is 533 g/mol. The number of hydrogen-bond acceptors (Lipinski definition) is 5. The summed E-state index contributed by atoms with van der Waals surface area (Å²) in [5.41, 5.74) is 5.30. The fraction of sp³-hybridized carbons (Fsp3) is 0.655. The molecule has 4 amide bonds. The summed E-state index contributed by atoms with van der Waals surface area (Å²) in [4.78, 5) is 53.6. The highest BCUT2D eigenvalue weighted by Crippen LogP contribution is 2.24. The van der Waals surface area contributed by atoms with Crippen molar-refractivity contribution < 1.29 is 23.9 Å². The Labute approximate surface area is 228 Å². The molecule has 0 aromatic heterocycles. The number of carbonyl (C=O) groups is 4. The fourth-order valence-corrected chi connectivity index (χ4v) is 4.24. The number of hydrogen-bond donors (Lipinski definition) is 3. The van der Waals surface area contributed by atoms with E-state index in [4.69, 9.17) is 10.5 Å². The SMILES string of the molecule is CCCCCCCN(C(=O)C(CC(N)=O)NC(=O)OC(C)(C)C)C(C(=O)NC(C)CCC)c1ccccc1. The van der Waals surface area contributed by atoms with Crippen LogP contribution in [0.4, 0.5) is 4.79 Å². The van der Waals surface area contributed by atoms with Crippen LogP contribution in [0.25, 0.3) is 0 Å². The van der Waals surface area contributed by atoms with Crippen LogP contribution in [0.5, 0.6) is 0 Å². The van der Waals surface area contributed by atoms with Crippen molar-refractivity contribution in [2.24, 2.45) is 5.73 Å². The molecule has 1 rings (SSSR count). The zero-order valence-corrected chi connectivity index (χ0v) is 24.0. The summed E-state index contributed by atoms with van der Waals surface area (Å²) in [6.07, 6.45) is 5.16. The van der Waals surface area contributed by atoms with Crippen LogP contribution in [-0.2, 0) is 19.1 Å². The van der Waals surface area contributed by atoms with Gasteiger partial charge in [-0.1, -0.05) is 76.3 Å². The molecule has 1 aromatic rings. The molecule has 0 saturated carbocycles. The summed E-state index contributed by atoms with van der Waals surface area (Å²) in [5.74, 6) is -1.62. The largest absolute Gasteiger partial charge is 0.444 e. The van der Waals surface area contributed by atoms with Crippen LogP contribution in [-0.4, -0.2) is 52.9 Å². The van der Waals surface area contributed by atoms with Crippen molar-refractivity contribution in [3.05, 3.63) is 35.9 Å². The van der Waals surface area contributed by atoms with Gasteiger partial charge >= 0.3 is 6.09 Å². The topological polar surface area (TPSA) is 131 Å². The maximum absolute atomic E-state index is 14.0. The van der Waals surface area contributed by atoms with E-state index in [1.807, 2.05) is 32.0 Å². The minimum atomic E-state index is -1.27. The fourth-order valence-electron chi connectivity index (χ4n) is 4.24. The third kappa shape index (κ3) is 12.4. The summed E-state index contributed by atoms with van der Waals surface area (Å²) in [5, 5.41) is 5.56. The van der Waals surface area contributed by atoms with Crippen LogP contribution in [0.15, 0.2) is 30.3 Å². The van der Waals surface area contributed by atoms with Gasteiger partial charge < -0.3 is 26.0 Å². The van der Waals surface area contributed by atoms with Crippen LogP contribution in [0.1, 0.15) is 105 Å². The molecular weight excluding hydrogens is 484 g/mol. The van der Waals surface area contributed by atoms with E-state index in [9.17, 15) is 19.2 Å². The Kier molecular flexibility index (Phi) is 14.5. The molecular formula is C29H48N4O5. The predicted molar refractivity (Wildman–Crippen MR) is 149 cm³/mol. The number of alkyl carbamates (subject to hydrolysis) is 1. The van der Waals surface area contributed by atoms with E-state index in [2.05, 4.69) is 17.6 Å². The molecule has 0 aliphatic rings. The second-order valence-electron chi connectivity index (χ2n) is 10.8. The number of carbonyl (C=O) groups excluding carboxylic acids is 4. The highest BCUT2D eigenvalue weighted by molar-refractivity contribution is 5.94. The van der Waals surface area contributed by atoms with Crippen LogP contribution >= 0.6 is 0 Å². The van der Waals surface area contributed by atoms with Gasteiger partial charge in [0.1, 0.15) is 17.7 Å². The molecule has 4 N–H and O–H groups in total. The molecule has 3 atom stereocenters. The zero-order valence-electron chi connectivity index (χ0n) is 24.0. The molecule has 0 saturated heterocycles. The number of nitrogens with two attached hydrogens (primary N) is 1. The number of primary amides is 1. The van der Waals surface area contributed by atoms with E-state index >= 15 is 0 Å². The summed E-state index contributed by atoms with van der Waals surface area (Å²) in [6, 6.07) is 6.78. The molecule has 38 heavy (non-hydrogen) atoms. The maximum Gasteiger partial charge on any atom is 0.408 e. The van der Waals surface area contributed by atoms with E-state index < -0.39 is 42.0 Å². The smallest absolute Gasteiger partial charge is 0.408 e. The lowest BCUT2D eigenvalue weighted by atomic mass is 10.0. The number of benzene rings is 1. The van der Waals surface area contributed by atoms with Gasteiger partial charge in [-0.25, -0.2) is 4.79 Å². The molecule has 9 nitrogen and oxygen atoms in total. The lowest BCUT2D eigenvalue weighted by Crippen LogP contribution is -2.54. The molecule has 0 aliphatic carbocycles. The number of nitrogens with one attached hydrogen (secondary N) is 2. The molecule has 0 fully saturated rings. The van der Waals surface area contributed by atoms with Gasteiger partial charge in [0.25, 0.3) is 0 Å². The van der Waals surface area contributed by atoms with Crippen LogP contribution in [0.3, 0.4) is 0 Å². The summed E-state index contributed by atoms with van der Waals surface area (Å²) in [7, 11) is 0. The monoisotopic (exact) mass is 532 g/mol. The lowest BCUT2D eigenvalue weighted by Gasteiger charge is -2.35. The average Bonchev–Trinajstić information content (AvgIpc) is 2.81. The summed E-state index contributed by atoms with van der Waals surface area (Å²) < 4.78 is 5.33. The van der Waals surface area contributed by atoms with Crippen LogP contribution in [0.2, 0.25) is 0 Å². The lowest BCUT2D eigenvalue weighted by molar-refractivity contribution is -0.143. The van der Waals surface area contributed by atoms with Crippen LogP contribution in [0, 0.1) is 0 Å². The molecule has 9 heteroatoms. The van der Waals surface area contributed by atoms with Crippen molar-refractivity contribution in [3.8, 4) is 0 Å². The summed E-state index contributed by atoms with van der Waals surface area (Å²) in [6.45, 7) is 11.5. The molecule has 0 radical (unpaired) electrons. The van der Waals surface area contributed by atoms with Gasteiger partial charge in [0.05, 0.1) is 6.42 Å². The molecule has 0 aliphatic heterocycles. The Bertz CT molecular complexity index is 885. The quantitative estimate of drug-likeness (QED) is 0.268. The third-order valence-corrected chi connectivity index (χ3v) is 5.97. The van der Waals surface area contributed by atoms with Crippen molar-refractivity contribution >= 4 is 23.8 Å². The van der Waals surface area contributed by atoms with Gasteiger partial charge in [0.2, 0.25) is 17.7 Å². The molecule has 0 bridgehead atoms. The number of amides is 4. The Morgan fingerprint density at radius 3 is 2.13 bits per heavy atom. The molecule has 0 spiro atoms. The van der Waals surface area contributed by atoms with E-state index in [-0.39, 0.29) is 18.5 Å². The maximum atomic E-state index is 14.0. The Balaban J connectivity index is 3.42. The Morgan fingerprint density at radius 2 is 1.58 bits per heavy atom. The normalized spacial score (nSPS) is 13.6. The first-order valence-electron chi connectivity index (χ1n) is 13.8. The molecule has 214 valence electrons. The standard InChI is InChI=1S/C29H48N4O5/c1-7-9-10-11-15-19-33(27(36)23(20-24(30)34)32-28(37)38-29(4,5)6)25(22-17-13-12-14-18-22)26(35)31-21(3)16-8-2/h12-14,17-18,21,23,25H,7-11,15-16,19-20H2,1-6H3,(H2,30,34)(H,31,35)(H,32,37). The van der Waals surface area contributed by atoms with Gasteiger partial charge in [0, 0.05) is 12.6 Å². The van der Waals surface area contributed by atoms with Gasteiger partial charge in [-0.2, -0.15) is 0 Å². The second-order valence-corrected chi connectivity index (χ2v) is 10.8. The number of unbranched alkanes of at least 4 members (excludes halogenated alkanes) is 4. The number of ether oxygens (including phenoxy) is 1. The van der Waals surface area contributed by atoms with Crippen molar-refractivity contribution in [1.29, 1.82) is 0 Å². The highest BCUT2D eigenvalue weighted by atomic mass is 16.6. The Hall–Kier alpha value is -3.10. The minimum absolute atomic E-state index is 0.0819. The zero-order chi connectivity index (χ0) is 28.7. The van der Waals surface area contributed by atoms with Crippen molar-refractivity contribution in [2.45, 2.75) is 117 Å². The van der Waals surface area contributed by atoms with Gasteiger partial charge in [-0.15, -0.1) is 0 Å². The van der Waals surface area contributed by atoms with E-state index in [1.165, 1.54) is 4.90 Å². The van der Waals surface area contributed by atoms with E-state index in [1.54, 1.807) is 32.9 Å². The minimum Gasteiger partial charge on any atom is -0.444 e. The number of rotatable bonds is 16. The third-order valence-electron chi connectivity index (χ3n) is 5.97. The van der Waals surface area contributed by atoms with Gasteiger partial charge in [-0.05, 0) is 46.1 Å². The molecule has 0 heterocycles. The van der Waals surface area contributed by atoms with Crippen molar-refractivity contribution in [2.75, 3.05) is 6.54 Å². The van der Waals surface area contributed by atoms with Crippen molar-refractivity contribution in [1.82, 2.24) is 15.5 Å². The Morgan fingerprint density at radius 1 is 0.947 bits per heavy atom. The second kappa shape index (κ2) is 16.7. The first-order valence-corrected chi connectivity index (χ1v) is 13.8.